The van der Waals surface area contributed by atoms with Gasteiger partial charge in [0.25, 0.3) is 0 Å². The molecule has 3 heteroatoms. The van der Waals surface area contributed by atoms with Gasteiger partial charge in [0.05, 0.1) is 17.8 Å². The van der Waals surface area contributed by atoms with E-state index in [4.69, 9.17) is 0 Å². The Morgan fingerprint density at radius 3 is 3.00 bits per heavy atom. The Bertz CT molecular complexity index is 693. The molecule has 4 rings (SSSR count). The fraction of sp³-hybridized carbons (Fsp3) is 0.154. The van der Waals surface area contributed by atoms with Gasteiger partial charge >= 0.3 is 0 Å². The summed E-state index contributed by atoms with van der Waals surface area (Å²) in [5.74, 6) is 1.02. The van der Waals surface area contributed by atoms with Crippen LogP contribution < -0.4 is 5.32 Å². The van der Waals surface area contributed by atoms with Gasteiger partial charge in [-0.3, -0.25) is 4.99 Å². The predicted molar refractivity (Wildman–Crippen MR) is 65.5 cm³/mol. The molecule has 2 aromatic heterocycles. The number of hydrogen-bond donors (Lipinski definition) is 1. The van der Waals surface area contributed by atoms with Crippen molar-refractivity contribution in [1.82, 2.24) is 9.72 Å². The van der Waals surface area contributed by atoms with Gasteiger partial charge in [-0.25, -0.2) is 0 Å². The molecular weight excluding hydrogens is 198 g/mol. The maximum atomic E-state index is 4.48. The maximum Gasteiger partial charge on any atom is 0.145 e. The molecule has 0 saturated heterocycles. The first-order chi connectivity index (χ1) is 7.93. The van der Waals surface area contributed by atoms with E-state index in [9.17, 15) is 0 Å². The summed E-state index contributed by atoms with van der Waals surface area (Å²) in [7, 11) is 0. The van der Waals surface area contributed by atoms with Crippen LogP contribution in [0.5, 0.6) is 0 Å². The van der Waals surface area contributed by atoms with E-state index in [1.54, 1.807) is 0 Å². The lowest BCUT2D eigenvalue weighted by Crippen LogP contribution is -2.20. The van der Waals surface area contributed by atoms with E-state index in [1.807, 2.05) is 0 Å². The van der Waals surface area contributed by atoms with Gasteiger partial charge in [-0.15, -0.1) is 0 Å². The van der Waals surface area contributed by atoms with Crippen LogP contribution in [-0.4, -0.2) is 23.3 Å². The van der Waals surface area contributed by atoms with Gasteiger partial charge in [0.1, 0.15) is 5.84 Å². The number of amidine groups is 1. The van der Waals surface area contributed by atoms with Crippen LogP contribution in [0.4, 0.5) is 0 Å². The van der Waals surface area contributed by atoms with Crippen molar-refractivity contribution in [2.24, 2.45) is 4.99 Å². The zero-order valence-corrected chi connectivity index (χ0v) is 8.77. The summed E-state index contributed by atoms with van der Waals surface area (Å²) in [6, 6.07) is 10.8. The molecule has 0 radical (unpaired) electrons. The minimum absolute atomic E-state index is 0.882. The number of aromatic nitrogens is 1. The molecule has 0 amide bonds. The fourth-order valence-electron chi connectivity index (χ4n) is 2.51. The number of rotatable bonds is 1. The molecule has 1 N–H and O–H groups in total. The Labute approximate surface area is 92.7 Å². The molecule has 0 atom stereocenters. The summed E-state index contributed by atoms with van der Waals surface area (Å²) in [6.45, 7) is 1.83. The van der Waals surface area contributed by atoms with Crippen LogP contribution in [-0.2, 0) is 0 Å². The first kappa shape index (κ1) is 8.16. The first-order valence-corrected chi connectivity index (χ1v) is 5.54. The van der Waals surface area contributed by atoms with Crippen LogP contribution in [0.3, 0.4) is 0 Å². The van der Waals surface area contributed by atoms with Crippen LogP contribution in [0.2, 0.25) is 0 Å². The minimum atomic E-state index is 0.882. The van der Waals surface area contributed by atoms with Gasteiger partial charge in [0.15, 0.2) is 0 Å². The Balaban J connectivity index is 2.12. The molecule has 0 saturated carbocycles. The second-order valence-corrected chi connectivity index (χ2v) is 4.16. The lowest BCUT2D eigenvalue weighted by Gasteiger charge is -1.99. The molecule has 3 nitrogen and oxygen atoms in total. The topological polar surface area (TPSA) is 28.8 Å². The Hall–Kier alpha value is -2.03. The number of nitrogens with one attached hydrogen (secondary N) is 1. The monoisotopic (exact) mass is 209 g/mol. The smallest absolute Gasteiger partial charge is 0.145 e. The van der Waals surface area contributed by atoms with Gasteiger partial charge in [0.2, 0.25) is 0 Å². The molecule has 0 unspecified atom stereocenters. The molecule has 0 fully saturated rings. The van der Waals surface area contributed by atoms with E-state index < -0.39 is 0 Å². The van der Waals surface area contributed by atoms with Crippen LogP contribution in [0, 0.1) is 0 Å². The van der Waals surface area contributed by atoms with Crippen molar-refractivity contribution in [1.29, 1.82) is 0 Å². The molecule has 3 heterocycles. The molecule has 0 aliphatic carbocycles. The van der Waals surface area contributed by atoms with Crippen LogP contribution in [0.1, 0.15) is 5.69 Å². The highest BCUT2D eigenvalue weighted by molar-refractivity contribution is 6.06. The van der Waals surface area contributed by atoms with Crippen molar-refractivity contribution < 1.29 is 0 Å². The number of hydrogen-bond acceptors (Lipinski definition) is 2. The van der Waals surface area contributed by atoms with Crippen molar-refractivity contribution in [3.63, 3.8) is 0 Å². The highest BCUT2D eigenvalue weighted by atomic mass is 15.1. The second kappa shape index (κ2) is 2.76. The molecule has 16 heavy (non-hydrogen) atoms. The van der Waals surface area contributed by atoms with E-state index in [1.165, 1.54) is 22.0 Å². The van der Waals surface area contributed by atoms with E-state index in [0.29, 0.717) is 0 Å². The molecule has 1 aromatic carbocycles. The van der Waals surface area contributed by atoms with Gasteiger partial charge in [-0.1, -0.05) is 18.2 Å². The Morgan fingerprint density at radius 2 is 2.12 bits per heavy atom. The third-order valence-electron chi connectivity index (χ3n) is 3.21. The number of para-hydroxylation sites is 1. The Kier molecular flexibility index (Phi) is 1.41. The molecule has 1 aliphatic rings. The average Bonchev–Trinajstić information content (AvgIpc) is 3.01. The summed E-state index contributed by atoms with van der Waals surface area (Å²) in [5, 5.41) is 5.91. The number of benzene rings is 1. The van der Waals surface area contributed by atoms with Crippen molar-refractivity contribution in [3.8, 4) is 0 Å². The number of nitrogens with zero attached hydrogens (tertiary/aromatic N) is 2. The molecular formula is C13H11N3. The van der Waals surface area contributed by atoms with E-state index in [2.05, 4.69) is 51.2 Å². The second-order valence-electron chi connectivity index (χ2n) is 4.16. The summed E-state index contributed by atoms with van der Waals surface area (Å²) in [5.41, 5.74) is 2.47. The summed E-state index contributed by atoms with van der Waals surface area (Å²) in [4.78, 5) is 4.48. The van der Waals surface area contributed by atoms with Crippen molar-refractivity contribution in [2.75, 3.05) is 13.1 Å². The van der Waals surface area contributed by atoms with Gasteiger partial charge < -0.3 is 9.72 Å². The first-order valence-electron chi connectivity index (χ1n) is 5.54. The molecule has 78 valence electrons. The van der Waals surface area contributed by atoms with E-state index >= 15 is 0 Å². The number of aliphatic imine (C=N–C) groups is 1. The normalized spacial score (nSPS) is 15.9. The molecule has 0 spiro atoms. The Morgan fingerprint density at radius 1 is 1.19 bits per heavy atom. The van der Waals surface area contributed by atoms with Gasteiger partial charge in [0, 0.05) is 23.5 Å². The van der Waals surface area contributed by atoms with Crippen molar-refractivity contribution >= 4 is 22.1 Å². The zero-order chi connectivity index (χ0) is 10.5. The van der Waals surface area contributed by atoms with Crippen LogP contribution >= 0.6 is 0 Å². The predicted octanol–water partition coefficient (Wildman–Crippen LogP) is 1.88. The molecule has 1 aliphatic heterocycles. The average molecular weight is 209 g/mol. The van der Waals surface area contributed by atoms with Crippen LogP contribution in [0.15, 0.2) is 41.5 Å². The summed E-state index contributed by atoms with van der Waals surface area (Å²) < 4.78 is 2.22. The maximum absolute atomic E-state index is 4.48. The van der Waals surface area contributed by atoms with E-state index in [-0.39, 0.29) is 0 Å². The van der Waals surface area contributed by atoms with Gasteiger partial charge in [-0.05, 0) is 12.1 Å². The third kappa shape index (κ3) is 0.902. The lowest BCUT2D eigenvalue weighted by atomic mass is 10.2. The minimum Gasteiger partial charge on any atom is -0.367 e. The zero-order valence-electron chi connectivity index (χ0n) is 8.77. The lowest BCUT2D eigenvalue weighted by molar-refractivity contribution is 0.957. The highest BCUT2D eigenvalue weighted by Gasteiger charge is 2.15. The standard InChI is InChI=1S/C13H11N3/c1-2-9-4-7-16-11(13-14-5-6-15-13)8-10(3-1)12(9)16/h1-4,7-8H,5-6H2,(H,14,15). The summed E-state index contributed by atoms with van der Waals surface area (Å²) in [6.07, 6.45) is 2.12. The third-order valence-corrected chi connectivity index (χ3v) is 3.21. The SMILES string of the molecule is c1cc2ccn3c(C4=NCCN4)cc(c1)c23. The largest absolute Gasteiger partial charge is 0.367 e. The van der Waals surface area contributed by atoms with Gasteiger partial charge in [-0.2, -0.15) is 0 Å². The van der Waals surface area contributed by atoms with Crippen molar-refractivity contribution in [2.45, 2.75) is 0 Å². The molecule has 3 aromatic rings. The highest BCUT2D eigenvalue weighted by Crippen LogP contribution is 2.26. The fourth-order valence-corrected chi connectivity index (χ4v) is 2.51. The van der Waals surface area contributed by atoms with Crippen LogP contribution in [0.25, 0.3) is 16.3 Å². The van der Waals surface area contributed by atoms with E-state index in [0.717, 1.165) is 18.9 Å². The van der Waals surface area contributed by atoms with Crippen molar-refractivity contribution in [3.05, 3.63) is 42.2 Å². The summed E-state index contributed by atoms with van der Waals surface area (Å²) >= 11 is 0. The molecule has 0 bridgehead atoms. The quantitative estimate of drug-likeness (QED) is 0.651.